The summed E-state index contributed by atoms with van der Waals surface area (Å²) in [5.74, 6) is 0. The Balaban J connectivity index is 2.20. The summed E-state index contributed by atoms with van der Waals surface area (Å²) in [5.41, 5.74) is 0. The van der Waals surface area contributed by atoms with E-state index in [4.69, 9.17) is 0 Å². The van der Waals surface area contributed by atoms with E-state index in [0.29, 0.717) is 6.17 Å². The summed E-state index contributed by atoms with van der Waals surface area (Å²) in [6.45, 7) is 9.49. The number of rotatable bonds is 43. The van der Waals surface area contributed by atoms with Gasteiger partial charge in [0, 0.05) is 25.5 Å². The molecule has 0 saturated carbocycles. The highest BCUT2D eigenvalue weighted by Crippen LogP contribution is 2.24. The van der Waals surface area contributed by atoms with Crippen LogP contribution in [0.25, 0.3) is 0 Å². The molecule has 0 N–H and O–H groups in total. The van der Waals surface area contributed by atoms with Crippen LogP contribution in [0, 0.1) is 0 Å². The number of unbranched alkanes of at least 4 members (excludes halogenated alkanes) is 37. The van der Waals surface area contributed by atoms with Gasteiger partial charge in [-0.1, -0.05) is 258 Å². The quantitative estimate of drug-likeness (QED) is 0.0580. The highest BCUT2D eigenvalue weighted by Gasteiger charge is 2.24. The molecule has 0 radical (unpaired) electrons. The van der Waals surface area contributed by atoms with E-state index in [1.807, 2.05) is 0 Å². The Bertz CT molecular complexity index is 673. The number of hydrogen-bond donors (Lipinski definition) is 0. The third-order valence-electron chi connectivity index (χ3n) is 12.1. The first-order chi connectivity index (χ1) is 25.3. The maximum Gasteiger partial charge on any atom is 0.101 e. The minimum absolute atomic E-state index is 0.636. The van der Waals surface area contributed by atoms with Crippen molar-refractivity contribution in [3.8, 4) is 0 Å². The first kappa shape index (κ1) is 48.4. The molecule has 0 bridgehead atoms. The first-order valence-electron chi connectivity index (χ1n) is 24.5. The SMILES string of the molecule is CCCCCCCCCCCCCCCCCN1C=CN(CCCCCCCCCCCCCCC)C1CCCCCCCCCCCCCC. The van der Waals surface area contributed by atoms with E-state index in [1.165, 1.54) is 276 Å². The lowest BCUT2D eigenvalue weighted by Crippen LogP contribution is -2.39. The van der Waals surface area contributed by atoms with Crippen LogP contribution in [0.1, 0.15) is 284 Å². The summed E-state index contributed by atoms with van der Waals surface area (Å²) < 4.78 is 0. The molecule has 0 fully saturated rings. The largest absolute Gasteiger partial charge is 0.356 e. The van der Waals surface area contributed by atoms with Crippen molar-refractivity contribution in [1.82, 2.24) is 9.80 Å². The van der Waals surface area contributed by atoms with E-state index in [-0.39, 0.29) is 0 Å². The van der Waals surface area contributed by atoms with Crippen LogP contribution >= 0.6 is 0 Å². The monoisotopic (exact) mass is 715 g/mol. The summed E-state index contributed by atoms with van der Waals surface area (Å²) in [6.07, 6.45) is 64.9. The molecule has 0 aromatic heterocycles. The summed E-state index contributed by atoms with van der Waals surface area (Å²) >= 11 is 0. The summed E-state index contributed by atoms with van der Waals surface area (Å²) in [4.78, 5) is 5.48. The Morgan fingerprint density at radius 2 is 0.451 bits per heavy atom. The zero-order valence-corrected chi connectivity index (χ0v) is 36.0. The lowest BCUT2D eigenvalue weighted by molar-refractivity contribution is 0.135. The molecule has 2 heteroatoms. The van der Waals surface area contributed by atoms with Gasteiger partial charge >= 0.3 is 0 Å². The smallest absolute Gasteiger partial charge is 0.101 e. The molecule has 0 spiro atoms. The third-order valence-corrected chi connectivity index (χ3v) is 12.1. The van der Waals surface area contributed by atoms with Crippen molar-refractivity contribution in [2.24, 2.45) is 0 Å². The molecule has 1 aliphatic rings. The van der Waals surface area contributed by atoms with Gasteiger partial charge in [0.05, 0.1) is 0 Å². The maximum atomic E-state index is 2.74. The lowest BCUT2D eigenvalue weighted by atomic mass is 10.0. The van der Waals surface area contributed by atoms with E-state index in [2.05, 4.69) is 43.0 Å². The van der Waals surface area contributed by atoms with Crippen molar-refractivity contribution in [3.63, 3.8) is 0 Å². The third kappa shape index (κ3) is 32.5. The van der Waals surface area contributed by atoms with Crippen LogP contribution < -0.4 is 0 Å². The molecule has 1 aliphatic heterocycles. The van der Waals surface area contributed by atoms with Crippen molar-refractivity contribution in [3.05, 3.63) is 12.4 Å². The Labute approximate surface area is 324 Å². The molecule has 1 unspecified atom stereocenters. The molecule has 0 aromatic carbocycles. The minimum atomic E-state index is 0.636. The van der Waals surface area contributed by atoms with Gasteiger partial charge in [0.2, 0.25) is 0 Å². The van der Waals surface area contributed by atoms with Gasteiger partial charge in [-0.15, -0.1) is 0 Å². The molecule has 1 atom stereocenters. The van der Waals surface area contributed by atoms with Gasteiger partial charge in [-0.3, -0.25) is 0 Å². The number of hydrogen-bond acceptors (Lipinski definition) is 2. The highest BCUT2D eigenvalue weighted by molar-refractivity contribution is 4.97. The van der Waals surface area contributed by atoms with Crippen LogP contribution in [0.2, 0.25) is 0 Å². The first-order valence-corrected chi connectivity index (χ1v) is 24.5. The molecule has 0 amide bonds. The van der Waals surface area contributed by atoms with Crippen LogP contribution in [0.3, 0.4) is 0 Å². The van der Waals surface area contributed by atoms with Crippen molar-refractivity contribution in [2.45, 2.75) is 290 Å². The number of nitrogens with zero attached hydrogens (tertiary/aromatic N) is 2. The molecule has 0 aromatic rings. The van der Waals surface area contributed by atoms with Gasteiger partial charge < -0.3 is 9.80 Å². The second-order valence-corrected chi connectivity index (χ2v) is 17.1. The van der Waals surface area contributed by atoms with Crippen LogP contribution in [0.15, 0.2) is 12.4 Å². The standard InChI is InChI=1S/C49H98N2/c1-4-7-10-13-16-19-22-25-26-28-31-34-37-40-43-46-51-48-47-50(45-42-39-36-33-30-27-23-20-17-14-11-8-5-2)49(51)44-41-38-35-32-29-24-21-18-15-12-9-6-3/h47-49H,4-46H2,1-3H3. The van der Waals surface area contributed by atoms with Gasteiger partial charge in [-0.25, -0.2) is 0 Å². The predicted octanol–water partition coefficient (Wildman–Crippen LogP) is 17.5. The van der Waals surface area contributed by atoms with Gasteiger partial charge in [-0.2, -0.15) is 0 Å². The van der Waals surface area contributed by atoms with Gasteiger partial charge in [0.25, 0.3) is 0 Å². The Hall–Kier alpha value is -0.660. The molecule has 1 rings (SSSR count). The fourth-order valence-corrected chi connectivity index (χ4v) is 8.48. The highest BCUT2D eigenvalue weighted by atomic mass is 15.4. The molecule has 1 heterocycles. The second kappa shape index (κ2) is 40.5. The fourth-order valence-electron chi connectivity index (χ4n) is 8.48. The van der Waals surface area contributed by atoms with E-state index < -0.39 is 0 Å². The van der Waals surface area contributed by atoms with Crippen LogP contribution in [-0.2, 0) is 0 Å². The Kier molecular flexibility index (Phi) is 38.4. The lowest BCUT2D eigenvalue weighted by Gasteiger charge is -2.33. The molecular weight excluding hydrogens is 617 g/mol. The average Bonchev–Trinajstić information content (AvgIpc) is 3.53. The van der Waals surface area contributed by atoms with E-state index in [1.54, 1.807) is 0 Å². The van der Waals surface area contributed by atoms with E-state index in [9.17, 15) is 0 Å². The van der Waals surface area contributed by atoms with Crippen molar-refractivity contribution in [2.75, 3.05) is 13.1 Å². The van der Waals surface area contributed by atoms with Gasteiger partial charge in [-0.05, 0) is 25.7 Å². The minimum Gasteiger partial charge on any atom is -0.356 e. The van der Waals surface area contributed by atoms with Gasteiger partial charge in [0.15, 0.2) is 0 Å². The summed E-state index contributed by atoms with van der Waals surface area (Å²) in [6, 6.07) is 0. The van der Waals surface area contributed by atoms with Crippen LogP contribution in [-0.4, -0.2) is 29.1 Å². The summed E-state index contributed by atoms with van der Waals surface area (Å²) in [5, 5.41) is 0. The second-order valence-electron chi connectivity index (χ2n) is 17.1. The van der Waals surface area contributed by atoms with E-state index in [0.717, 1.165) is 0 Å². The predicted molar refractivity (Wildman–Crippen MR) is 233 cm³/mol. The molecule has 2 nitrogen and oxygen atoms in total. The molecule has 51 heavy (non-hydrogen) atoms. The molecule has 0 aliphatic carbocycles. The fraction of sp³-hybridized carbons (Fsp3) is 0.959. The van der Waals surface area contributed by atoms with Crippen molar-refractivity contribution in [1.29, 1.82) is 0 Å². The Morgan fingerprint density at radius 1 is 0.255 bits per heavy atom. The van der Waals surface area contributed by atoms with Crippen LogP contribution in [0.5, 0.6) is 0 Å². The average molecular weight is 715 g/mol. The zero-order valence-electron chi connectivity index (χ0n) is 36.0. The topological polar surface area (TPSA) is 6.48 Å². The van der Waals surface area contributed by atoms with E-state index >= 15 is 0 Å². The molecular formula is C49H98N2. The Morgan fingerprint density at radius 3 is 0.686 bits per heavy atom. The normalized spacial score (nSPS) is 14.5. The molecule has 0 saturated heterocycles. The maximum absolute atomic E-state index is 2.74. The summed E-state index contributed by atoms with van der Waals surface area (Å²) in [7, 11) is 0. The molecule has 304 valence electrons. The van der Waals surface area contributed by atoms with Crippen molar-refractivity contribution >= 4 is 0 Å². The van der Waals surface area contributed by atoms with Crippen molar-refractivity contribution < 1.29 is 0 Å². The zero-order chi connectivity index (χ0) is 36.6. The van der Waals surface area contributed by atoms with Gasteiger partial charge in [0.1, 0.15) is 6.17 Å². The van der Waals surface area contributed by atoms with Crippen LogP contribution in [0.4, 0.5) is 0 Å².